The van der Waals surface area contributed by atoms with Crippen LogP contribution in [0.25, 0.3) is 0 Å². The number of methoxy groups -OCH3 is 1. The van der Waals surface area contributed by atoms with Crippen molar-refractivity contribution in [3.8, 4) is 5.75 Å². The van der Waals surface area contributed by atoms with Gasteiger partial charge >= 0.3 is 0 Å². The second-order valence-electron chi connectivity index (χ2n) is 9.54. The van der Waals surface area contributed by atoms with E-state index in [0.29, 0.717) is 15.6 Å². The zero-order valence-corrected chi connectivity index (χ0v) is 25.9. The van der Waals surface area contributed by atoms with Gasteiger partial charge in [-0.15, -0.1) is 0 Å². The minimum absolute atomic E-state index is 0.0125. The molecule has 0 saturated heterocycles. The van der Waals surface area contributed by atoms with Crippen LogP contribution in [-0.4, -0.2) is 51.9 Å². The summed E-state index contributed by atoms with van der Waals surface area (Å²) < 4.78 is 34.6. The second-order valence-corrected chi connectivity index (χ2v) is 12.2. The standard InChI is InChI=1S/C32H31Cl2N3O5S/c1-35-32(39)29(20-23-12-5-3-6-13-23)36(21-25-26(33)16-11-17-27(25)34)31(38)22-37(28-18-9-10-19-30(28)42-2)43(40,41)24-14-7-4-8-15-24/h3-19,29H,20-22H2,1-2H3,(H,35,39)/t29-/m0/s1. The molecule has 224 valence electrons. The number of likely N-dealkylation sites (N-methyl/N-ethyl adjacent to an activating group) is 1. The van der Waals surface area contributed by atoms with Crippen molar-refractivity contribution < 1.29 is 22.7 Å². The second kappa shape index (κ2) is 14.4. The molecule has 0 aromatic heterocycles. The molecule has 0 radical (unpaired) electrons. The summed E-state index contributed by atoms with van der Waals surface area (Å²) in [6, 6.07) is 27.5. The number of amides is 2. The van der Waals surface area contributed by atoms with Crippen molar-refractivity contribution in [3.05, 3.63) is 124 Å². The molecule has 43 heavy (non-hydrogen) atoms. The molecule has 0 unspecified atom stereocenters. The summed E-state index contributed by atoms with van der Waals surface area (Å²) in [5, 5.41) is 3.25. The van der Waals surface area contributed by atoms with Crippen LogP contribution < -0.4 is 14.4 Å². The van der Waals surface area contributed by atoms with E-state index in [-0.39, 0.29) is 29.3 Å². The van der Waals surface area contributed by atoms with Gasteiger partial charge in [-0.25, -0.2) is 8.42 Å². The molecule has 4 rings (SSSR count). The van der Waals surface area contributed by atoms with Crippen LogP contribution in [0.1, 0.15) is 11.1 Å². The summed E-state index contributed by atoms with van der Waals surface area (Å²) in [5.74, 6) is -0.830. The minimum Gasteiger partial charge on any atom is -0.495 e. The van der Waals surface area contributed by atoms with E-state index in [9.17, 15) is 18.0 Å². The molecule has 8 nitrogen and oxygen atoms in total. The Morgan fingerprint density at radius 1 is 0.837 bits per heavy atom. The van der Waals surface area contributed by atoms with Crippen LogP contribution in [0.5, 0.6) is 5.75 Å². The summed E-state index contributed by atoms with van der Waals surface area (Å²) in [4.78, 5) is 29.1. The summed E-state index contributed by atoms with van der Waals surface area (Å²) >= 11 is 13.0. The third-order valence-corrected chi connectivity index (χ3v) is 9.35. The number of hydrogen-bond acceptors (Lipinski definition) is 5. The molecular formula is C32H31Cl2N3O5S. The highest BCUT2D eigenvalue weighted by Crippen LogP contribution is 2.33. The van der Waals surface area contributed by atoms with Crippen LogP contribution in [-0.2, 0) is 32.6 Å². The maximum atomic E-state index is 14.4. The number of carbonyl (C=O) groups is 2. The number of anilines is 1. The third-order valence-electron chi connectivity index (χ3n) is 6.87. The quantitative estimate of drug-likeness (QED) is 0.218. The Labute approximate surface area is 261 Å². The third kappa shape index (κ3) is 7.48. The van der Waals surface area contributed by atoms with Gasteiger partial charge < -0.3 is 15.0 Å². The SMILES string of the molecule is CNC(=O)[C@H](Cc1ccccc1)N(Cc1c(Cl)cccc1Cl)C(=O)CN(c1ccccc1OC)S(=O)(=O)c1ccccc1. The monoisotopic (exact) mass is 639 g/mol. The van der Waals surface area contributed by atoms with Crippen LogP contribution in [0.4, 0.5) is 5.69 Å². The molecule has 4 aromatic carbocycles. The fourth-order valence-electron chi connectivity index (χ4n) is 4.64. The average molecular weight is 641 g/mol. The molecular weight excluding hydrogens is 609 g/mol. The van der Waals surface area contributed by atoms with E-state index < -0.39 is 34.4 Å². The van der Waals surface area contributed by atoms with Gasteiger partial charge in [0.05, 0.1) is 17.7 Å². The molecule has 2 amide bonds. The smallest absolute Gasteiger partial charge is 0.264 e. The van der Waals surface area contributed by atoms with Crippen molar-refractivity contribution in [2.24, 2.45) is 0 Å². The van der Waals surface area contributed by atoms with Gasteiger partial charge in [-0.2, -0.15) is 0 Å². The molecule has 0 aliphatic heterocycles. The summed E-state index contributed by atoms with van der Waals surface area (Å²) in [7, 11) is -1.37. The highest BCUT2D eigenvalue weighted by Gasteiger charge is 2.35. The number of carbonyl (C=O) groups excluding carboxylic acids is 2. The number of nitrogens with one attached hydrogen (secondary N) is 1. The zero-order valence-electron chi connectivity index (χ0n) is 23.6. The predicted octanol–water partition coefficient (Wildman–Crippen LogP) is 5.58. The van der Waals surface area contributed by atoms with Gasteiger partial charge in [-0.05, 0) is 42.0 Å². The zero-order chi connectivity index (χ0) is 31.0. The van der Waals surface area contributed by atoms with E-state index in [1.807, 2.05) is 30.3 Å². The Morgan fingerprint density at radius 2 is 1.42 bits per heavy atom. The van der Waals surface area contributed by atoms with Gasteiger partial charge in [0.2, 0.25) is 11.8 Å². The van der Waals surface area contributed by atoms with Gasteiger partial charge in [0.25, 0.3) is 10.0 Å². The normalized spacial score (nSPS) is 11.8. The molecule has 0 heterocycles. The lowest BCUT2D eigenvalue weighted by Crippen LogP contribution is -2.53. The van der Waals surface area contributed by atoms with Crippen molar-refractivity contribution in [2.75, 3.05) is 25.0 Å². The Balaban J connectivity index is 1.84. The highest BCUT2D eigenvalue weighted by atomic mass is 35.5. The highest BCUT2D eigenvalue weighted by molar-refractivity contribution is 7.92. The largest absolute Gasteiger partial charge is 0.495 e. The van der Waals surface area contributed by atoms with E-state index in [1.165, 1.54) is 31.2 Å². The van der Waals surface area contributed by atoms with Crippen LogP contribution in [0.3, 0.4) is 0 Å². The Bertz CT molecular complexity index is 1650. The first-order valence-corrected chi connectivity index (χ1v) is 15.6. The first kappa shape index (κ1) is 31.9. The molecule has 1 atom stereocenters. The first-order valence-electron chi connectivity index (χ1n) is 13.4. The number of benzene rings is 4. The van der Waals surface area contributed by atoms with Crippen molar-refractivity contribution in [1.82, 2.24) is 10.2 Å². The van der Waals surface area contributed by atoms with Crippen LogP contribution in [0, 0.1) is 0 Å². The fourth-order valence-corrected chi connectivity index (χ4v) is 6.61. The topological polar surface area (TPSA) is 96.0 Å². The molecule has 0 aliphatic carbocycles. The van der Waals surface area contributed by atoms with Crippen LogP contribution in [0.15, 0.2) is 108 Å². The Morgan fingerprint density at radius 3 is 2.02 bits per heavy atom. The number of hydrogen-bond donors (Lipinski definition) is 1. The van der Waals surface area contributed by atoms with Crippen LogP contribution in [0.2, 0.25) is 10.0 Å². The van der Waals surface area contributed by atoms with E-state index in [1.54, 1.807) is 60.7 Å². The van der Waals surface area contributed by atoms with Gasteiger partial charge in [0.1, 0.15) is 18.3 Å². The maximum Gasteiger partial charge on any atom is 0.264 e. The number of nitrogens with zero attached hydrogens (tertiary/aromatic N) is 2. The van der Waals surface area contributed by atoms with E-state index in [0.717, 1.165) is 9.87 Å². The number of ether oxygens (including phenoxy) is 1. The Kier molecular flexibility index (Phi) is 10.7. The molecule has 0 aliphatic rings. The number of para-hydroxylation sites is 2. The minimum atomic E-state index is -4.26. The number of halogens is 2. The summed E-state index contributed by atoms with van der Waals surface area (Å²) in [6.07, 6.45) is 0.161. The lowest BCUT2D eigenvalue weighted by atomic mass is 10.0. The van der Waals surface area contributed by atoms with Crippen molar-refractivity contribution in [1.29, 1.82) is 0 Å². The fraction of sp³-hybridized carbons (Fsp3) is 0.188. The van der Waals surface area contributed by atoms with Crippen molar-refractivity contribution in [2.45, 2.75) is 23.9 Å². The lowest BCUT2D eigenvalue weighted by molar-refractivity contribution is -0.139. The van der Waals surface area contributed by atoms with Gasteiger partial charge in [0, 0.05) is 35.6 Å². The maximum absolute atomic E-state index is 14.4. The number of sulfonamides is 1. The Hall–Kier alpha value is -4.05. The van der Waals surface area contributed by atoms with Crippen molar-refractivity contribution in [3.63, 3.8) is 0 Å². The molecule has 0 spiro atoms. The average Bonchev–Trinajstić information content (AvgIpc) is 3.03. The molecule has 1 N–H and O–H groups in total. The van der Waals surface area contributed by atoms with Crippen molar-refractivity contribution >= 4 is 50.7 Å². The van der Waals surface area contributed by atoms with E-state index in [4.69, 9.17) is 27.9 Å². The summed E-state index contributed by atoms with van der Waals surface area (Å²) in [5.41, 5.74) is 1.39. The van der Waals surface area contributed by atoms with E-state index in [2.05, 4.69) is 5.32 Å². The van der Waals surface area contributed by atoms with E-state index >= 15 is 0 Å². The molecule has 4 aromatic rings. The molecule has 0 fully saturated rings. The summed E-state index contributed by atoms with van der Waals surface area (Å²) in [6.45, 7) is -0.782. The molecule has 0 bridgehead atoms. The lowest BCUT2D eigenvalue weighted by Gasteiger charge is -2.34. The first-order chi connectivity index (χ1) is 20.7. The molecule has 0 saturated carbocycles. The van der Waals surface area contributed by atoms with Gasteiger partial charge in [-0.1, -0.05) is 89.9 Å². The van der Waals surface area contributed by atoms with Gasteiger partial charge in [0.15, 0.2) is 0 Å². The van der Waals surface area contributed by atoms with Crippen LogP contribution >= 0.6 is 23.2 Å². The number of rotatable bonds is 12. The van der Waals surface area contributed by atoms with Gasteiger partial charge in [-0.3, -0.25) is 13.9 Å². The predicted molar refractivity (Wildman–Crippen MR) is 169 cm³/mol. The molecule has 11 heteroatoms.